The number of benzene rings is 1. The zero-order valence-corrected chi connectivity index (χ0v) is 14.5. The third kappa shape index (κ3) is 2.80. The number of fused-ring (bicyclic) bond motifs is 4. The molecule has 0 saturated carbocycles. The first-order valence-corrected chi connectivity index (χ1v) is 9.05. The lowest BCUT2D eigenvalue weighted by atomic mass is 9.98. The first kappa shape index (κ1) is 15.6. The van der Waals surface area contributed by atoms with Gasteiger partial charge >= 0.3 is 0 Å². The quantitative estimate of drug-likeness (QED) is 0.838. The highest BCUT2D eigenvalue weighted by Gasteiger charge is 2.40. The van der Waals surface area contributed by atoms with Gasteiger partial charge in [-0.25, -0.2) is 9.97 Å². The molecule has 1 fully saturated rings. The van der Waals surface area contributed by atoms with Crippen LogP contribution in [0.4, 0.5) is 0 Å². The van der Waals surface area contributed by atoms with Crippen molar-refractivity contribution >= 4 is 0 Å². The number of nitrogens with zero attached hydrogens (tertiary/aromatic N) is 3. The highest BCUT2D eigenvalue weighted by atomic mass is 16.5. The van der Waals surface area contributed by atoms with Crippen molar-refractivity contribution in [2.75, 3.05) is 6.61 Å². The van der Waals surface area contributed by atoms with Gasteiger partial charge in [-0.1, -0.05) is 25.1 Å². The van der Waals surface area contributed by atoms with Gasteiger partial charge in [-0.3, -0.25) is 4.90 Å². The Morgan fingerprint density at radius 1 is 1.25 bits per heavy atom. The zero-order valence-electron chi connectivity index (χ0n) is 14.5. The molecule has 4 rings (SSSR count). The number of rotatable bonds is 5. The minimum absolute atomic E-state index is 0.457. The number of para-hydroxylation sites is 1. The van der Waals surface area contributed by atoms with Crippen molar-refractivity contribution in [3.05, 3.63) is 53.1 Å². The molecule has 2 atom stereocenters. The lowest BCUT2D eigenvalue weighted by Gasteiger charge is -2.36. The van der Waals surface area contributed by atoms with Gasteiger partial charge in [-0.2, -0.15) is 0 Å². The Kier molecular flexibility index (Phi) is 4.23. The van der Waals surface area contributed by atoms with Gasteiger partial charge in [0.25, 0.3) is 0 Å². The number of hydrogen-bond acceptors (Lipinski definition) is 4. The zero-order chi connectivity index (χ0) is 16.5. The van der Waals surface area contributed by atoms with E-state index in [0.717, 1.165) is 37.6 Å². The molecule has 4 nitrogen and oxygen atoms in total. The van der Waals surface area contributed by atoms with Crippen molar-refractivity contribution in [3.63, 3.8) is 0 Å². The Balaban J connectivity index is 1.59. The summed E-state index contributed by atoms with van der Waals surface area (Å²) >= 11 is 0. The molecule has 2 aliphatic heterocycles. The monoisotopic (exact) mass is 323 g/mol. The van der Waals surface area contributed by atoms with Crippen LogP contribution < -0.4 is 4.74 Å². The summed E-state index contributed by atoms with van der Waals surface area (Å²) in [5, 5.41) is 0. The third-order valence-electron chi connectivity index (χ3n) is 5.24. The highest BCUT2D eigenvalue weighted by Crippen LogP contribution is 2.44. The van der Waals surface area contributed by atoms with Gasteiger partial charge in [0, 0.05) is 42.4 Å². The average molecular weight is 323 g/mol. The van der Waals surface area contributed by atoms with Crippen LogP contribution in [0.2, 0.25) is 0 Å². The Hall–Kier alpha value is -1.94. The van der Waals surface area contributed by atoms with Crippen LogP contribution in [-0.4, -0.2) is 27.5 Å². The maximum Gasteiger partial charge on any atom is 0.125 e. The third-order valence-corrected chi connectivity index (χ3v) is 5.24. The Bertz CT molecular complexity index is 731. The van der Waals surface area contributed by atoms with E-state index in [1.807, 2.05) is 6.92 Å². The molecule has 0 N–H and O–H groups in total. The van der Waals surface area contributed by atoms with Gasteiger partial charge in [-0.05, 0) is 32.3 Å². The fourth-order valence-electron chi connectivity index (χ4n) is 4.10. The summed E-state index contributed by atoms with van der Waals surface area (Å²) in [5.74, 6) is 1.92. The molecule has 0 radical (unpaired) electrons. The van der Waals surface area contributed by atoms with Crippen molar-refractivity contribution in [1.29, 1.82) is 0 Å². The van der Waals surface area contributed by atoms with E-state index >= 15 is 0 Å². The van der Waals surface area contributed by atoms with Crippen molar-refractivity contribution in [1.82, 2.24) is 14.9 Å². The topological polar surface area (TPSA) is 38.2 Å². The van der Waals surface area contributed by atoms with Crippen molar-refractivity contribution in [2.45, 2.75) is 58.2 Å². The summed E-state index contributed by atoms with van der Waals surface area (Å²) < 4.78 is 5.95. The lowest BCUT2D eigenvalue weighted by molar-refractivity contribution is 0.163. The van der Waals surface area contributed by atoms with Crippen LogP contribution in [0.5, 0.6) is 5.75 Å². The van der Waals surface area contributed by atoms with Gasteiger partial charge in [0.05, 0.1) is 12.3 Å². The maximum atomic E-state index is 5.95. The Labute approximate surface area is 143 Å². The van der Waals surface area contributed by atoms with Gasteiger partial charge < -0.3 is 4.74 Å². The van der Waals surface area contributed by atoms with Gasteiger partial charge in [-0.15, -0.1) is 0 Å². The molecule has 2 aliphatic rings. The van der Waals surface area contributed by atoms with E-state index in [-0.39, 0.29) is 0 Å². The molecule has 0 spiro atoms. The minimum atomic E-state index is 0.457. The Morgan fingerprint density at radius 3 is 3.00 bits per heavy atom. The van der Waals surface area contributed by atoms with Crippen LogP contribution in [0.25, 0.3) is 0 Å². The molecule has 2 aromatic rings. The maximum absolute atomic E-state index is 5.95. The fourth-order valence-corrected chi connectivity index (χ4v) is 4.10. The number of ether oxygens (including phenoxy) is 1. The van der Waals surface area contributed by atoms with Crippen LogP contribution >= 0.6 is 0 Å². The first-order valence-electron chi connectivity index (χ1n) is 9.05. The van der Waals surface area contributed by atoms with Crippen LogP contribution in [0.3, 0.4) is 0 Å². The van der Waals surface area contributed by atoms with E-state index in [4.69, 9.17) is 9.72 Å². The number of hydrogen-bond donors (Lipinski definition) is 0. The second-order valence-electron chi connectivity index (χ2n) is 6.90. The molecular weight excluding hydrogens is 298 g/mol. The molecule has 3 heterocycles. The van der Waals surface area contributed by atoms with Gasteiger partial charge in [0.2, 0.25) is 0 Å². The molecule has 24 heavy (non-hydrogen) atoms. The smallest absolute Gasteiger partial charge is 0.125 e. The minimum Gasteiger partial charge on any atom is -0.493 e. The molecular formula is C20H25N3O. The standard InChI is InChI=1S/C20H25N3O/c1-3-10-24-20-7-5-4-6-15(20)13-23-16-8-9-19(23)17-12-21-14(2)22-18(17)11-16/h4-7,12,16,19H,3,8-11,13H2,1-2H3/t16-,19-/m1/s1. The molecule has 126 valence electrons. The van der Waals surface area contributed by atoms with E-state index in [2.05, 4.69) is 47.3 Å². The summed E-state index contributed by atoms with van der Waals surface area (Å²) in [4.78, 5) is 11.8. The predicted octanol–water partition coefficient (Wildman–Crippen LogP) is 3.84. The molecule has 4 heteroatoms. The average Bonchev–Trinajstić information content (AvgIpc) is 2.87. The van der Waals surface area contributed by atoms with Crippen LogP contribution in [-0.2, 0) is 13.0 Å². The molecule has 0 aliphatic carbocycles. The molecule has 1 aromatic heterocycles. The summed E-state index contributed by atoms with van der Waals surface area (Å²) in [6.07, 6.45) is 6.59. The van der Waals surface area contributed by atoms with E-state index in [0.29, 0.717) is 12.1 Å². The molecule has 0 unspecified atom stereocenters. The van der Waals surface area contributed by atoms with Gasteiger partial charge in [0.1, 0.15) is 11.6 Å². The molecule has 2 bridgehead atoms. The highest BCUT2D eigenvalue weighted by molar-refractivity contribution is 5.35. The van der Waals surface area contributed by atoms with Crippen molar-refractivity contribution in [3.8, 4) is 5.75 Å². The number of aromatic nitrogens is 2. The largest absolute Gasteiger partial charge is 0.493 e. The number of aryl methyl sites for hydroxylation is 1. The molecule has 1 aromatic carbocycles. The normalized spacial score (nSPS) is 22.4. The second-order valence-corrected chi connectivity index (χ2v) is 6.90. The summed E-state index contributed by atoms with van der Waals surface area (Å²) in [7, 11) is 0. The first-order chi connectivity index (χ1) is 11.8. The van der Waals surface area contributed by atoms with Crippen molar-refractivity contribution < 1.29 is 4.74 Å². The van der Waals surface area contributed by atoms with E-state index in [1.165, 1.54) is 29.7 Å². The van der Waals surface area contributed by atoms with E-state index < -0.39 is 0 Å². The van der Waals surface area contributed by atoms with E-state index in [9.17, 15) is 0 Å². The van der Waals surface area contributed by atoms with Crippen LogP contribution in [0.1, 0.15) is 54.9 Å². The summed E-state index contributed by atoms with van der Waals surface area (Å²) in [6.45, 7) is 5.85. The van der Waals surface area contributed by atoms with Crippen molar-refractivity contribution in [2.24, 2.45) is 0 Å². The Morgan fingerprint density at radius 2 is 2.12 bits per heavy atom. The summed E-state index contributed by atoms with van der Waals surface area (Å²) in [6, 6.07) is 9.52. The van der Waals surface area contributed by atoms with Crippen LogP contribution in [0.15, 0.2) is 30.5 Å². The lowest BCUT2D eigenvalue weighted by Crippen LogP contribution is -2.37. The fraction of sp³-hybridized carbons (Fsp3) is 0.500. The van der Waals surface area contributed by atoms with Gasteiger partial charge in [0.15, 0.2) is 0 Å². The predicted molar refractivity (Wildman–Crippen MR) is 94.0 cm³/mol. The molecule has 1 saturated heterocycles. The summed E-state index contributed by atoms with van der Waals surface area (Å²) in [5.41, 5.74) is 3.89. The SMILES string of the molecule is CCCOc1ccccc1CN1[C@@H]2CC[C@@H]1c1cnc(C)nc1C2. The molecule has 0 amide bonds. The van der Waals surface area contributed by atoms with Crippen LogP contribution in [0, 0.1) is 6.92 Å². The van der Waals surface area contributed by atoms with E-state index in [1.54, 1.807) is 0 Å². The second kappa shape index (κ2) is 6.52.